The standard InChI is InChI=1S/C21H26N2O.ClH/c1-15(2)18-7-5-17(6-8-18)14-23(20-11-12-20)21(24)19-9-3-16(13-22)4-10-19;/h3-10,15,20H,11-14,22H2,1-2H3;1H. The van der Waals surface area contributed by atoms with Crippen LogP contribution in [-0.4, -0.2) is 16.8 Å². The van der Waals surface area contributed by atoms with Crippen LogP contribution in [0.1, 0.15) is 59.7 Å². The third-order valence-corrected chi connectivity index (χ3v) is 4.68. The number of nitrogens with two attached hydrogens (primary N) is 1. The fourth-order valence-electron chi connectivity index (χ4n) is 2.91. The van der Waals surface area contributed by atoms with E-state index in [-0.39, 0.29) is 18.3 Å². The van der Waals surface area contributed by atoms with Crippen molar-refractivity contribution in [1.29, 1.82) is 0 Å². The van der Waals surface area contributed by atoms with Gasteiger partial charge < -0.3 is 10.6 Å². The highest BCUT2D eigenvalue weighted by molar-refractivity contribution is 5.94. The van der Waals surface area contributed by atoms with Gasteiger partial charge in [0, 0.05) is 24.7 Å². The van der Waals surface area contributed by atoms with Crippen molar-refractivity contribution >= 4 is 18.3 Å². The largest absolute Gasteiger partial charge is 0.331 e. The summed E-state index contributed by atoms with van der Waals surface area (Å²) in [6.45, 7) is 5.57. The average molecular weight is 359 g/mol. The van der Waals surface area contributed by atoms with Gasteiger partial charge in [-0.3, -0.25) is 4.79 Å². The van der Waals surface area contributed by atoms with Crippen LogP contribution in [0.2, 0.25) is 0 Å². The lowest BCUT2D eigenvalue weighted by molar-refractivity contribution is 0.0730. The molecule has 2 aromatic rings. The zero-order valence-electron chi connectivity index (χ0n) is 14.9. The molecule has 0 atom stereocenters. The summed E-state index contributed by atoms with van der Waals surface area (Å²) in [5, 5.41) is 0. The highest BCUT2D eigenvalue weighted by Gasteiger charge is 2.33. The van der Waals surface area contributed by atoms with Gasteiger partial charge in [-0.05, 0) is 47.6 Å². The van der Waals surface area contributed by atoms with Crippen LogP contribution in [0.15, 0.2) is 48.5 Å². The molecule has 0 unspecified atom stereocenters. The number of halogens is 1. The Bertz CT molecular complexity index is 691. The number of hydrogen-bond acceptors (Lipinski definition) is 2. The molecule has 3 nitrogen and oxygen atoms in total. The molecule has 0 bridgehead atoms. The molecular formula is C21H27ClN2O. The van der Waals surface area contributed by atoms with Crippen LogP contribution in [0.5, 0.6) is 0 Å². The molecule has 0 heterocycles. The van der Waals surface area contributed by atoms with Crippen molar-refractivity contribution in [1.82, 2.24) is 4.90 Å². The summed E-state index contributed by atoms with van der Waals surface area (Å²) in [7, 11) is 0. The quantitative estimate of drug-likeness (QED) is 0.826. The number of amides is 1. The Morgan fingerprint density at radius 2 is 1.60 bits per heavy atom. The molecule has 1 aliphatic carbocycles. The lowest BCUT2D eigenvalue weighted by Crippen LogP contribution is -2.32. The first-order valence-corrected chi connectivity index (χ1v) is 8.77. The molecule has 25 heavy (non-hydrogen) atoms. The summed E-state index contributed by atoms with van der Waals surface area (Å²) in [5.74, 6) is 0.648. The third kappa shape index (κ3) is 4.83. The van der Waals surface area contributed by atoms with Crippen LogP contribution in [0, 0.1) is 0 Å². The van der Waals surface area contributed by atoms with Gasteiger partial charge in [0.15, 0.2) is 0 Å². The number of benzene rings is 2. The highest BCUT2D eigenvalue weighted by Crippen LogP contribution is 2.30. The van der Waals surface area contributed by atoms with Crippen molar-refractivity contribution in [3.05, 3.63) is 70.8 Å². The molecule has 1 fully saturated rings. The monoisotopic (exact) mass is 358 g/mol. The first-order chi connectivity index (χ1) is 11.6. The Morgan fingerprint density at radius 1 is 1.04 bits per heavy atom. The maximum atomic E-state index is 12.9. The van der Waals surface area contributed by atoms with Gasteiger partial charge in [0.05, 0.1) is 0 Å². The second-order valence-corrected chi connectivity index (χ2v) is 6.96. The van der Waals surface area contributed by atoms with E-state index in [4.69, 9.17) is 5.73 Å². The summed E-state index contributed by atoms with van der Waals surface area (Å²) in [5.41, 5.74) is 9.96. The molecular weight excluding hydrogens is 332 g/mol. The lowest BCUT2D eigenvalue weighted by atomic mass is 10.0. The van der Waals surface area contributed by atoms with Gasteiger partial charge >= 0.3 is 0 Å². The van der Waals surface area contributed by atoms with Gasteiger partial charge in [0.2, 0.25) is 0 Å². The van der Waals surface area contributed by atoms with E-state index in [2.05, 4.69) is 38.1 Å². The third-order valence-electron chi connectivity index (χ3n) is 4.68. The molecule has 0 saturated heterocycles. The Kier molecular flexibility index (Phi) is 6.63. The number of rotatable bonds is 6. The fraction of sp³-hybridized carbons (Fsp3) is 0.381. The Labute approximate surface area is 156 Å². The van der Waals surface area contributed by atoms with Crippen molar-refractivity contribution in [2.45, 2.75) is 51.7 Å². The fourth-order valence-corrected chi connectivity index (χ4v) is 2.91. The van der Waals surface area contributed by atoms with Crippen LogP contribution in [0.25, 0.3) is 0 Å². The molecule has 1 amide bonds. The SMILES string of the molecule is CC(C)c1ccc(CN(C(=O)c2ccc(CN)cc2)C2CC2)cc1.Cl. The zero-order valence-corrected chi connectivity index (χ0v) is 15.8. The van der Waals surface area contributed by atoms with Crippen LogP contribution in [0.3, 0.4) is 0 Å². The predicted molar refractivity (Wildman–Crippen MR) is 105 cm³/mol. The van der Waals surface area contributed by atoms with Crippen molar-refractivity contribution in [3.63, 3.8) is 0 Å². The molecule has 0 aromatic heterocycles. The molecule has 0 spiro atoms. The van der Waals surface area contributed by atoms with Gasteiger partial charge in [-0.25, -0.2) is 0 Å². The summed E-state index contributed by atoms with van der Waals surface area (Å²) in [6.07, 6.45) is 2.22. The molecule has 3 rings (SSSR count). The predicted octanol–water partition coefficient (Wildman–Crippen LogP) is 4.50. The molecule has 4 heteroatoms. The number of nitrogens with zero attached hydrogens (tertiary/aromatic N) is 1. The minimum Gasteiger partial charge on any atom is -0.331 e. The molecule has 2 N–H and O–H groups in total. The normalized spacial score (nSPS) is 13.4. The number of hydrogen-bond donors (Lipinski definition) is 1. The van der Waals surface area contributed by atoms with Gasteiger partial charge in [0.25, 0.3) is 5.91 Å². The summed E-state index contributed by atoms with van der Waals surface area (Å²) >= 11 is 0. The molecule has 0 aliphatic heterocycles. The van der Waals surface area contributed by atoms with E-state index >= 15 is 0 Å². The molecule has 0 radical (unpaired) electrons. The van der Waals surface area contributed by atoms with E-state index in [1.807, 2.05) is 29.2 Å². The maximum Gasteiger partial charge on any atom is 0.254 e. The average Bonchev–Trinajstić information content (AvgIpc) is 3.44. The summed E-state index contributed by atoms with van der Waals surface area (Å²) in [4.78, 5) is 14.9. The molecule has 1 saturated carbocycles. The lowest BCUT2D eigenvalue weighted by Gasteiger charge is -2.23. The highest BCUT2D eigenvalue weighted by atomic mass is 35.5. The van der Waals surface area contributed by atoms with Crippen molar-refractivity contribution in [2.24, 2.45) is 5.73 Å². The zero-order chi connectivity index (χ0) is 17.1. The second kappa shape index (κ2) is 8.50. The maximum absolute atomic E-state index is 12.9. The Morgan fingerprint density at radius 3 is 2.08 bits per heavy atom. The molecule has 2 aromatic carbocycles. The first-order valence-electron chi connectivity index (χ1n) is 8.77. The van der Waals surface area contributed by atoms with E-state index in [0.29, 0.717) is 25.0 Å². The van der Waals surface area contributed by atoms with Crippen LogP contribution in [-0.2, 0) is 13.1 Å². The van der Waals surface area contributed by atoms with Crippen LogP contribution >= 0.6 is 12.4 Å². The minimum atomic E-state index is 0. The van der Waals surface area contributed by atoms with E-state index in [1.165, 1.54) is 11.1 Å². The smallest absolute Gasteiger partial charge is 0.254 e. The second-order valence-electron chi connectivity index (χ2n) is 6.96. The van der Waals surface area contributed by atoms with E-state index in [1.54, 1.807) is 0 Å². The topological polar surface area (TPSA) is 46.3 Å². The number of carbonyl (C=O) groups is 1. The van der Waals surface area contributed by atoms with Gasteiger partial charge in [-0.15, -0.1) is 12.4 Å². The van der Waals surface area contributed by atoms with E-state index in [9.17, 15) is 4.79 Å². The first kappa shape index (κ1) is 19.5. The number of carbonyl (C=O) groups excluding carboxylic acids is 1. The summed E-state index contributed by atoms with van der Waals surface area (Å²) < 4.78 is 0. The van der Waals surface area contributed by atoms with Crippen LogP contribution < -0.4 is 5.73 Å². The van der Waals surface area contributed by atoms with Crippen LogP contribution in [0.4, 0.5) is 0 Å². The van der Waals surface area contributed by atoms with Gasteiger partial charge in [0.1, 0.15) is 0 Å². The van der Waals surface area contributed by atoms with Crippen molar-refractivity contribution in [2.75, 3.05) is 0 Å². The Balaban J connectivity index is 0.00000225. The van der Waals surface area contributed by atoms with Crippen molar-refractivity contribution < 1.29 is 4.79 Å². The Hall–Kier alpha value is -1.84. The van der Waals surface area contributed by atoms with E-state index in [0.717, 1.165) is 24.0 Å². The summed E-state index contributed by atoms with van der Waals surface area (Å²) in [6, 6.07) is 16.7. The van der Waals surface area contributed by atoms with Crippen molar-refractivity contribution in [3.8, 4) is 0 Å². The molecule has 134 valence electrons. The minimum absolute atomic E-state index is 0. The van der Waals surface area contributed by atoms with Gasteiger partial charge in [-0.1, -0.05) is 50.2 Å². The molecule has 1 aliphatic rings. The van der Waals surface area contributed by atoms with Gasteiger partial charge in [-0.2, -0.15) is 0 Å². The van der Waals surface area contributed by atoms with E-state index < -0.39 is 0 Å².